The van der Waals surface area contributed by atoms with Gasteiger partial charge in [-0.15, -0.1) is 17.0 Å². The average Bonchev–Trinajstić information content (AvgIpc) is 2.38. The minimum absolute atomic E-state index is 0. The van der Waals surface area contributed by atoms with Crippen LogP contribution in [0.1, 0.15) is 11.1 Å². The maximum Gasteiger partial charge on any atom is 0.133 e. The first kappa shape index (κ1) is 13.0. The lowest BCUT2D eigenvalue weighted by Gasteiger charge is -2.19. The molecule has 1 aliphatic rings. The molecule has 0 radical (unpaired) electrons. The SMILES string of the molecule is Br.CN=c1c2c(ncn1C)-c1ccccc1CC2. The number of benzene rings is 1. The lowest BCUT2D eigenvalue weighted by atomic mass is 9.90. The van der Waals surface area contributed by atoms with Crippen LogP contribution in [0.2, 0.25) is 0 Å². The molecule has 0 unspecified atom stereocenters. The summed E-state index contributed by atoms with van der Waals surface area (Å²) < 4.78 is 1.99. The molecular weight excluding hydrogens is 290 g/mol. The molecule has 0 aliphatic heterocycles. The molecule has 0 saturated heterocycles. The molecule has 1 aromatic heterocycles. The van der Waals surface area contributed by atoms with Gasteiger partial charge in [0.25, 0.3) is 0 Å². The van der Waals surface area contributed by atoms with Crippen molar-refractivity contribution in [2.75, 3.05) is 7.05 Å². The molecule has 0 spiro atoms. The molecule has 1 heterocycles. The van der Waals surface area contributed by atoms with E-state index in [9.17, 15) is 0 Å². The summed E-state index contributed by atoms with van der Waals surface area (Å²) in [6.45, 7) is 0. The zero-order valence-corrected chi connectivity index (χ0v) is 12.3. The predicted molar refractivity (Wildman–Crippen MR) is 77.9 cm³/mol. The van der Waals surface area contributed by atoms with E-state index < -0.39 is 0 Å². The van der Waals surface area contributed by atoms with Gasteiger partial charge in [-0.2, -0.15) is 0 Å². The molecule has 2 aromatic rings. The van der Waals surface area contributed by atoms with E-state index in [-0.39, 0.29) is 17.0 Å². The summed E-state index contributed by atoms with van der Waals surface area (Å²) in [7, 11) is 3.84. The summed E-state index contributed by atoms with van der Waals surface area (Å²) in [5.41, 5.74) is 6.08. The maximum atomic E-state index is 4.57. The van der Waals surface area contributed by atoms with Crippen LogP contribution < -0.4 is 5.49 Å². The largest absolute Gasteiger partial charge is 0.320 e. The Labute approximate surface area is 117 Å². The molecule has 0 atom stereocenters. The number of halogens is 1. The quantitative estimate of drug-likeness (QED) is 0.734. The van der Waals surface area contributed by atoms with Crippen molar-refractivity contribution in [3.63, 3.8) is 0 Å². The summed E-state index contributed by atoms with van der Waals surface area (Å²) >= 11 is 0. The molecule has 1 aromatic carbocycles. The van der Waals surface area contributed by atoms with E-state index in [1.165, 1.54) is 16.7 Å². The second-order valence-corrected chi connectivity index (χ2v) is 4.39. The molecule has 0 bridgehead atoms. The number of nitrogens with zero attached hydrogens (tertiary/aromatic N) is 3. The van der Waals surface area contributed by atoms with Crippen LogP contribution in [0, 0.1) is 0 Å². The van der Waals surface area contributed by atoms with Crippen LogP contribution in [-0.4, -0.2) is 16.6 Å². The molecule has 0 fully saturated rings. The second-order valence-electron chi connectivity index (χ2n) is 4.39. The van der Waals surface area contributed by atoms with Gasteiger partial charge in [0.15, 0.2) is 0 Å². The van der Waals surface area contributed by atoms with Crippen molar-refractivity contribution >= 4 is 17.0 Å². The third-order valence-corrected chi connectivity index (χ3v) is 3.38. The van der Waals surface area contributed by atoms with Gasteiger partial charge >= 0.3 is 0 Å². The highest BCUT2D eigenvalue weighted by atomic mass is 79.9. The number of aromatic nitrogens is 2. The van der Waals surface area contributed by atoms with Crippen LogP contribution in [0.4, 0.5) is 0 Å². The van der Waals surface area contributed by atoms with Gasteiger partial charge in [-0.25, -0.2) is 4.98 Å². The zero-order valence-electron chi connectivity index (χ0n) is 10.6. The average molecular weight is 306 g/mol. The van der Waals surface area contributed by atoms with E-state index in [1.54, 1.807) is 0 Å². The van der Waals surface area contributed by atoms with E-state index in [1.807, 2.05) is 25.0 Å². The molecule has 1 aliphatic carbocycles. The van der Waals surface area contributed by atoms with Gasteiger partial charge < -0.3 is 4.57 Å². The highest BCUT2D eigenvalue weighted by Gasteiger charge is 2.18. The van der Waals surface area contributed by atoms with Gasteiger partial charge in [-0.1, -0.05) is 24.3 Å². The number of hydrogen-bond donors (Lipinski definition) is 0. The molecule has 0 N–H and O–H groups in total. The Bertz CT molecular complexity index is 644. The van der Waals surface area contributed by atoms with Crippen molar-refractivity contribution in [3.8, 4) is 11.3 Å². The van der Waals surface area contributed by atoms with E-state index in [0.29, 0.717) is 0 Å². The summed E-state index contributed by atoms with van der Waals surface area (Å²) in [5.74, 6) is 0. The number of hydrogen-bond acceptors (Lipinski definition) is 2. The fourth-order valence-corrected chi connectivity index (χ4v) is 2.58. The minimum atomic E-state index is 0. The van der Waals surface area contributed by atoms with Crippen LogP contribution in [-0.2, 0) is 19.9 Å². The van der Waals surface area contributed by atoms with Crippen LogP contribution >= 0.6 is 17.0 Å². The molecule has 94 valence electrons. The Morgan fingerprint density at radius 2 is 2.00 bits per heavy atom. The van der Waals surface area contributed by atoms with Gasteiger partial charge in [0, 0.05) is 25.2 Å². The predicted octanol–water partition coefficient (Wildman–Crippen LogP) is 2.29. The lowest BCUT2D eigenvalue weighted by molar-refractivity contribution is 0.755. The fraction of sp³-hybridized carbons (Fsp3) is 0.286. The molecule has 0 saturated carbocycles. The van der Waals surface area contributed by atoms with E-state index in [0.717, 1.165) is 24.0 Å². The van der Waals surface area contributed by atoms with Crippen molar-refractivity contribution in [1.82, 2.24) is 9.55 Å². The Hall–Kier alpha value is -1.42. The van der Waals surface area contributed by atoms with Gasteiger partial charge in [-0.05, 0) is 18.4 Å². The van der Waals surface area contributed by atoms with Crippen LogP contribution in [0.3, 0.4) is 0 Å². The smallest absolute Gasteiger partial charge is 0.133 e. The topological polar surface area (TPSA) is 30.2 Å². The van der Waals surface area contributed by atoms with Crippen molar-refractivity contribution in [1.29, 1.82) is 0 Å². The highest BCUT2D eigenvalue weighted by Crippen LogP contribution is 2.29. The number of aryl methyl sites for hydroxylation is 2. The van der Waals surface area contributed by atoms with Crippen LogP contribution in [0.15, 0.2) is 35.6 Å². The third-order valence-electron chi connectivity index (χ3n) is 3.38. The van der Waals surface area contributed by atoms with Crippen LogP contribution in [0.5, 0.6) is 0 Å². The van der Waals surface area contributed by atoms with Gasteiger partial charge in [0.05, 0.1) is 12.0 Å². The highest BCUT2D eigenvalue weighted by molar-refractivity contribution is 8.93. The number of rotatable bonds is 0. The Morgan fingerprint density at radius 3 is 2.78 bits per heavy atom. The maximum absolute atomic E-state index is 4.57. The zero-order chi connectivity index (χ0) is 11.8. The van der Waals surface area contributed by atoms with Crippen LogP contribution in [0.25, 0.3) is 11.3 Å². The Morgan fingerprint density at radius 1 is 1.22 bits per heavy atom. The summed E-state index contributed by atoms with van der Waals surface area (Å²) in [6.07, 6.45) is 3.96. The number of fused-ring (bicyclic) bond motifs is 3. The summed E-state index contributed by atoms with van der Waals surface area (Å²) in [4.78, 5) is 8.95. The third kappa shape index (κ3) is 1.90. The van der Waals surface area contributed by atoms with Crippen molar-refractivity contribution in [2.24, 2.45) is 12.0 Å². The second kappa shape index (κ2) is 5.06. The van der Waals surface area contributed by atoms with Gasteiger partial charge in [0.1, 0.15) is 5.49 Å². The van der Waals surface area contributed by atoms with Gasteiger partial charge in [0.2, 0.25) is 0 Å². The molecule has 3 rings (SSSR count). The summed E-state index contributed by atoms with van der Waals surface area (Å²) in [5, 5.41) is 0. The summed E-state index contributed by atoms with van der Waals surface area (Å²) in [6, 6.07) is 8.51. The standard InChI is InChI=1S/C14H15N3.BrH/c1-15-14-12-8-7-10-5-3-4-6-11(10)13(12)16-9-17(14)2;/h3-6,9H,7-8H2,1-2H3;1H. The molecule has 4 heteroatoms. The van der Waals surface area contributed by atoms with E-state index in [2.05, 4.69) is 34.2 Å². The molecule has 18 heavy (non-hydrogen) atoms. The first-order valence-electron chi connectivity index (χ1n) is 5.87. The minimum Gasteiger partial charge on any atom is -0.320 e. The van der Waals surface area contributed by atoms with E-state index >= 15 is 0 Å². The lowest BCUT2D eigenvalue weighted by Crippen LogP contribution is -2.26. The van der Waals surface area contributed by atoms with Crippen molar-refractivity contribution < 1.29 is 0 Å². The monoisotopic (exact) mass is 305 g/mol. The Kier molecular flexibility index (Phi) is 3.66. The van der Waals surface area contributed by atoms with E-state index in [4.69, 9.17) is 0 Å². The van der Waals surface area contributed by atoms with Gasteiger partial charge in [-0.3, -0.25) is 4.99 Å². The first-order chi connectivity index (χ1) is 8.31. The first-order valence-corrected chi connectivity index (χ1v) is 5.87. The molecule has 3 nitrogen and oxygen atoms in total. The normalized spacial score (nSPS) is 13.6. The van der Waals surface area contributed by atoms with Crippen molar-refractivity contribution in [2.45, 2.75) is 12.8 Å². The Balaban J connectivity index is 0.00000120. The fourth-order valence-electron chi connectivity index (χ4n) is 2.58. The molecule has 0 amide bonds. The molecular formula is C14H16BrN3. The van der Waals surface area contributed by atoms with Crippen molar-refractivity contribution in [3.05, 3.63) is 47.2 Å².